The van der Waals surface area contributed by atoms with Crippen molar-refractivity contribution in [3.63, 3.8) is 0 Å². The molecule has 3 aromatic rings. The normalized spacial score (nSPS) is 14.0. The zero-order valence-corrected chi connectivity index (χ0v) is 12.8. The van der Waals surface area contributed by atoms with Gasteiger partial charge in [-0.05, 0) is 25.1 Å². The Kier molecular flexibility index (Phi) is 3.04. The van der Waals surface area contributed by atoms with Gasteiger partial charge >= 0.3 is 0 Å². The Balaban J connectivity index is 1.70. The van der Waals surface area contributed by atoms with Crippen molar-refractivity contribution in [2.75, 3.05) is 11.4 Å². The maximum atomic E-state index is 10.9. The molecule has 2 aromatic carbocycles. The summed E-state index contributed by atoms with van der Waals surface area (Å²) in [7, 11) is 0. The first kappa shape index (κ1) is 13.8. The first-order valence-corrected chi connectivity index (χ1v) is 7.57. The molecule has 0 spiro atoms. The summed E-state index contributed by atoms with van der Waals surface area (Å²) < 4.78 is 2.16. The van der Waals surface area contributed by atoms with E-state index in [0.717, 1.165) is 24.4 Å². The number of hydrogen-bond donors (Lipinski definition) is 0. The Labute approximate surface area is 133 Å². The van der Waals surface area contributed by atoms with E-state index in [0.29, 0.717) is 12.1 Å². The second-order valence-electron chi connectivity index (χ2n) is 5.87. The minimum Gasteiger partial charge on any atom is -0.362 e. The van der Waals surface area contributed by atoms with Crippen molar-refractivity contribution in [2.24, 2.45) is 0 Å². The van der Waals surface area contributed by atoms with E-state index >= 15 is 0 Å². The minimum atomic E-state index is -0.379. The summed E-state index contributed by atoms with van der Waals surface area (Å²) in [5, 5.41) is 10.9. The van der Waals surface area contributed by atoms with Gasteiger partial charge in [0.25, 0.3) is 5.69 Å². The molecular weight excluding hydrogens is 292 g/mol. The summed E-state index contributed by atoms with van der Waals surface area (Å²) in [6.45, 7) is 4.52. The van der Waals surface area contributed by atoms with Crippen molar-refractivity contribution in [3.8, 4) is 0 Å². The lowest BCUT2D eigenvalue weighted by molar-refractivity contribution is -0.384. The zero-order valence-electron chi connectivity index (χ0n) is 12.8. The number of rotatable bonds is 2. The molecule has 23 heavy (non-hydrogen) atoms. The van der Waals surface area contributed by atoms with Crippen LogP contribution >= 0.6 is 0 Å². The van der Waals surface area contributed by atoms with Gasteiger partial charge in [0.15, 0.2) is 0 Å². The van der Waals surface area contributed by atoms with Crippen LogP contribution < -0.4 is 4.90 Å². The van der Waals surface area contributed by atoms with Gasteiger partial charge in [-0.1, -0.05) is 17.7 Å². The molecule has 6 nitrogen and oxygen atoms in total. The molecule has 0 amide bonds. The van der Waals surface area contributed by atoms with Crippen LogP contribution in [0.1, 0.15) is 11.4 Å². The quantitative estimate of drug-likeness (QED) is 0.538. The van der Waals surface area contributed by atoms with Crippen LogP contribution in [0.4, 0.5) is 11.4 Å². The van der Waals surface area contributed by atoms with Crippen molar-refractivity contribution in [1.82, 2.24) is 9.55 Å². The molecular formula is C17H16N4O2. The molecule has 0 radical (unpaired) electrons. The highest BCUT2D eigenvalue weighted by Gasteiger charge is 2.21. The fourth-order valence-electron chi connectivity index (χ4n) is 3.10. The zero-order chi connectivity index (χ0) is 16.0. The van der Waals surface area contributed by atoms with Crippen LogP contribution in [0.2, 0.25) is 0 Å². The largest absolute Gasteiger partial charge is 0.362 e. The monoisotopic (exact) mass is 308 g/mol. The molecule has 1 aromatic heterocycles. The molecule has 1 aliphatic rings. The third-order valence-electron chi connectivity index (χ3n) is 4.35. The number of nitro groups is 1. The molecule has 0 saturated carbocycles. The van der Waals surface area contributed by atoms with Crippen LogP contribution in [-0.4, -0.2) is 21.0 Å². The molecule has 0 unspecified atom stereocenters. The van der Waals surface area contributed by atoms with Crippen LogP contribution in [0.15, 0.2) is 42.5 Å². The number of anilines is 1. The van der Waals surface area contributed by atoms with Crippen molar-refractivity contribution in [1.29, 1.82) is 0 Å². The maximum Gasteiger partial charge on any atom is 0.271 e. The molecule has 0 saturated heterocycles. The second kappa shape index (κ2) is 5.08. The number of benzene rings is 2. The number of aromatic nitrogens is 2. The fraction of sp³-hybridized carbons (Fsp3) is 0.235. The van der Waals surface area contributed by atoms with Crippen LogP contribution in [0.5, 0.6) is 0 Å². The third kappa shape index (κ3) is 2.32. The van der Waals surface area contributed by atoms with E-state index in [1.807, 2.05) is 0 Å². The van der Waals surface area contributed by atoms with E-state index in [2.05, 4.69) is 45.6 Å². The maximum absolute atomic E-state index is 10.9. The highest BCUT2D eigenvalue weighted by Crippen LogP contribution is 2.27. The molecule has 0 aliphatic carbocycles. The van der Waals surface area contributed by atoms with E-state index in [4.69, 9.17) is 0 Å². The SMILES string of the molecule is Cc1ccc(N2CCn3c(nc4cc([N+](=O)[O-])ccc43)C2)cc1. The number of nitrogens with zero attached hydrogens (tertiary/aromatic N) is 4. The van der Waals surface area contributed by atoms with E-state index < -0.39 is 0 Å². The lowest BCUT2D eigenvalue weighted by Gasteiger charge is -2.29. The van der Waals surface area contributed by atoms with Crippen LogP contribution in [0.25, 0.3) is 11.0 Å². The Bertz CT molecular complexity index is 899. The van der Waals surface area contributed by atoms with Gasteiger partial charge in [-0.15, -0.1) is 0 Å². The summed E-state index contributed by atoms with van der Waals surface area (Å²) in [6, 6.07) is 13.4. The summed E-state index contributed by atoms with van der Waals surface area (Å²) in [5.74, 6) is 0.951. The number of fused-ring (bicyclic) bond motifs is 3. The van der Waals surface area contributed by atoms with Crippen LogP contribution in [0, 0.1) is 17.0 Å². The van der Waals surface area contributed by atoms with Gasteiger partial charge < -0.3 is 9.47 Å². The smallest absolute Gasteiger partial charge is 0.271 e. The highest BCUT2D eigenvalue weighted by molar-refractivity contribution is 5.79. The Hall–Kier alpha value is -2.89. The lowest BCUT2D eigenvalue weighted by Crippen LogP contribution is -2.33. The minimum absolute atomic E-state index is 0.0864. The molecule has 0 fully saturated rings. The fourth-order valence-corrected chi connectivity index (χ4v) is 3.10. The van der Waals surface area contributed by atoms with Crippen LogP contribution in [0.3, 0.4) is 0 Å². The first-order valence-electron chi connectivity index (χ1n) is 7.57. The summed E-state index contributed by atoms with van der Waals surface area (Å²) >= 11 is 0. The van der Waals surface area contributed by atoms with Gasteiger partial charge in [-0.25, -0.2) is 4.98 Å². The van der Waals surface area contributed by atoms with Crippen molar-refractivity contribution < 1.29 is 4.92 Å². The molecule has 116 valence electrons. The first-order chi connectivity index (χ1) is 11.1. The highest BCUT2D eigenvalue weighted by atomic mass is 16.6. The summed E-state index contributed by atoms with van der Waals surface area (Å²) in [6.07, 6.45) is 0. The number of non-ortho nitro benzene ring substituents is 1. The van der Waals surface area contributed by atoms with Gasteiger partial charge in [-0.2, -0.15) is 0 Å². The molecule has 6 heteroatoms. The lowest BCUT2D eigenvalue weighted by atomic mass is 10.2. The second-order valence-corrected chi connectivity index (χ2v) is 5.87. The molecule has 0 bridgehead atoms. The van der Waals surface area contributed by atoms with Crippen molar-refractivity contribution in [2.45, 2.75) is 20.0 Å². The van der Waals surface area contributed by atoms with E-state index in [9.17, 15) is 10.1 Å². The van der Waals surface area contributed by atoms with E-state index in [1.54, 1.807) is 18.2 Å². The van der Waals surface area contributed by atoms with Crippen molar-refractivity contribution >= 4 is 22.4 Å². The average Bonchev–Trinajstić information content (AvgIpc) is 2.92. The standard InChI is InChI=1S/C17H16N4O2/c1-12-2-4-13(5-3-12)19-8-9-20-16-7-6-14(21(22)23)10-15(16)18-17(20)11-19/h2-7,10H,8-9,11H2,1H3. The Morgan fingerprint density at radius 3 is 2.65 bits per heavy atom. The molecule has 4 rings (SSSR count). The number of aryl methyl sites for hydroxylation is 1. The Morgan fingerprint density at radius 2 is 1.91 bits per heavy atom. The number of hydrogen-bond acceptors (Lipinski definition) is 4. The van der Waals surface area contributed by atoms with Crippen molar-refractivity contribution in [3.05, 3.63) is 64.0 Å². The molecule has 0 atom stereocenters. The predicted molar refractivity (Wildman–Crippen MR) is 88.6 cm³/mol. The number of imidazole rings is 1. The van der Waals surface area contributed by atoms with E-state index in [1.165, 1.54) is 11.3 Å². The van der Waals surface area contributed by atoms with Crippen LogP contribution in [-0.2, 0) is 13.1 Å². The van der Waals surface area contributed by atoms with Gasteiger partial charge in [0.05, 0.1) is 22.5 Å². The molecule has 0 N–H and O–H groups in total. The van der Waals surface area contributed by atoms with E-state index in [-0.39, 0.29) is 10.6 Å². The summed E-state index contributed by atoms with van der Waals surface area (Å²) in [4.78, 5) is 17.4. The van der Waals surface area contributed by atoms with Gasteiger partial charge in [0.2, 0.25) is 0 Å². The van der Waals surface area contributed by atoms with Gasteiger partial charge in [0, 0.05) is 30.9 Å². The topological polar surface area (TPSA) is 64.2 Å². The summed E-state index contributed by atoms with van der Waals surface area (Å²) in [5.41, 5.74) is 4.17. The number of nitro benzene ring substituents is 1. The average molecular weight is 308 g/mol. The van der Waals surface area contributed by atoms with Gasteiger partial charge in [-0.3, -0.25) is 10.1 Å². The Morgan fingerprint density at radius 1 is 1.13 bits per heavy atom. The third-order valence-corrected chi connectivity index (χ3v) is 4.35. The molecule has 1 aliphatic heterocycles. The predicted octanol–water partition coefficient (Wildman–Crippen LogP) is 3.27. The van der Waals surface area contributed by atoms with Gasteiger partial charge in [0.1, 0.15) is 5.82 Å². The molecule has 2 heterocycles.